The van der Waals surface area contributed by atoms with E-state index in [4.69, 9.17) is 21.4 Å². The number of aromatic carboxylic acids is 1. The highest BCUT2D eigenvalue weighted by molar-refractivity contribution is 6.31. The number of anilines is 1. The number of urea groups is 1. The van der Waals surface area contributed by atoms with Crippen molar-refractivity contribution in [3.05, 3.63) is 28.8 Å². The molecule has 3 N–H and O–H groups in total. The van der Waals surface area contributed by atoms with E-state index in [1.807, 2.05) is 6.92 Å². The van der Waals surface area contributed by atoms with E-state index >= 15 is 0 Å². The summed E-state index contributed by atoms with van der Waals surface area (Å²) in [4.78, 5) is 23.0. The molecule has 0 radical (unpaired) electrons. The van der Waals surface area contributed by atoms with Crippen molar-refractivity contribution in [1.29, 1.82) is 0 Å². The van der Waals surface area contributed by atoms with Gasteiger partial charge in [-0.3, -0.25) is 0 Å². The van der Waals surface area contributed by atoms with Crippen LogP contribution in [0.25, 0.3) is 0 Å². The lowest BCUT2D eigenvalue weighted by atomic mass is 10.1. The molecule has 1 aliphatic rings. The summed E-state index contributed by atoms with van der Waals surface area (Å²) in [5.41, 5.74) is 0.148. The average Bonchev–Trinajstić information content (AvgIpc) is 2.74. The largest absolute Gasteiger partial charge is 0.478 e. The van der Waals surface area contributed by atoms with Crippen LogP contribution in [-0.4, -0.2) is 35.9 Å². The third-order valence-electron chi connectivity index (χ3n) is 3.15. The minimum absolute atomic E-state index is 0.0136. The minimum Gasteiger partial charge on any atom is -0.478 e. The highest BCUT2D eigenvalue weighted by Gasteiger charge is 2.26. The smallest absolute Gasteiger partial charge is 0.337 e. The topological polar surface area (TPSA) is 87.7 Å². The maximum atomic E-state index is 11.9. The van der Waals surface area contributed by atoms with E-state index in [2.05, 4.69) is 10.6 Å². The summed E-state index contributed by atoms with van der Waals surface area (Å²) in [5.74, 6) is -1.13. The fourth-order valence-electron chi connectivity index (χ4n) is 2.05. The van der Waals surface area contributed by atoms with Crippen molar-refractivity contribution in [1.82, 2.24) is 5.32 Å². The summed E-state index contributed by atoms with van der Waals surface area (Å²) in [6.45, 7) is 2.48. The van der Waals surface area contributed by atoms with Gasteiger partial charge in [0.05, 0.1) is 23.4 Å². The van der Waals surface area contributed by atoms with Crippen molar-refractivity contribution >= 4 is 29.3 Å². The van der Waals surface area contributed by atoms with Crippen LogP contribution in [0.3, 0.4) is 0 Å². The Hall–Kier alpha value is -1.79. The normalized spacial score (nSPS) is 21.5. The van der Waals surface area contributed by atoms with Gasteiger partial charge in [0.2, 0.25) is 0 Å². The Labute approximate surface area is 121 Å². The lowest BCUT2D eigenvalue weighted by Gasteiger charge is -2.17. The number of benzene rings is 1. The molecular formula is C13H15ClN2O4. The third kappa shape index (κ3) is 3.40. The summed E-state index contributed by atoms with van der Waals surface area (Å²) >= 11 is 5.81. The van der Waals surface area contributed by atoms with Crippen LogP contribution in [0, 0.1) is 0 Å². The Morgan fingerprint density at radius 1 is 1.45 bits per heavy atom. The van der Waals surface area contributed by atoms with Gasteiger partial charge < -0.3 is 20.5 Å². The van der Waals surface area contributed by atoms with Gasteiger partial charge in [0.25, 0.3) is 0 Å². The predicted octanol–water partition coefficient (Wildman–Crippen LogP) is 2.34. The Balaban J connectivity index is 2.07. The van der Waals surface area contributed by atoms with E-state index in [1.165, 1.54) is 18.2 Å². The van der Waals surface area contributed by atoms with Crippen LogP contribution in [0.2, 0.25) is 5.02 Å². The number of hydrogen-bond donors (Lipinski definition) is 3. The number of hydrogen-bond acceptors (Lipinski definition) is 3. The molecule has 0 aromatic heterocycles. The number of amides is 2. The molecule has 1 aromatic rings. The monoisotopic (exact) mass is 298 g/mol. The quantitative estimate of drug-likeness (QED) is 0.799. The zero-order valence-corrected chi connectivity index (χ0v) is 11.6. The van der Waals surface area contributed by atoms with Gasteiger partial charge in [0.1, 0.15) is 0 Å². The maximum Gasteiger partial charge on any atom is 0.337 e. The fourth-order valence-corrected chi connectivity index (χ4v) is 2.23. The number of halogens is 1. The molecule has 2 amide bonds. The van der Waals surface area contributed by atoms with Gasteiger partial charge in [-0.15, -0.1) is 0 Å². The van der Waals surface area contributed by atoms with Gasteiger partial charge >= 0.3 is 12.0 Å². The lowest BCUT2D eigenvalue weighted by Crippen LogP contribution is -2.41. The lowest BCUT2D eigenvalue weighted by molar-refractivity contribution is 0.0698. The second-order valence-corrected chi connectivity index (χ2v) is 5.00. The summed E-state index contributed by atoms with van der Waals surface area (Å²) in [5, 5.41) is 14.7. The number of carboxylic acid groups (broad SMARTS) is 1. The van der Waals surface area contributed by atoms with Crippen LogP contribution in [0.15, 0.2) is 18.2 Å². The zero-order chi connectivity index (χ0) is 14.7. The molecule has 2 atom stereocenters. The van der Waals surface area contributed by atoms with Crippen LogP contribution in [-0.2, 0) is 4.74 Å². The molecule has 2 unspecified atom stereocenters. The number of carboxylic acids is 1. The van der Waals surface area contributed by atoms with E-state index in [0.717, 1.165) is 6.42 Å². The van der Waals surface area contributed by atoms with Gasteiger partial charge in [0, 0.05) is 11.6 Å². The highest BCUT2D eigenvalue weighted by Crippen LogP contribution is 2.21. The molecule has 0 bridgehead atoms. The predicted molar refractivity (Wildman–Crippen MR) is 74.4 cm³/mol. The standard InChI is InChI=1S/C13H15ClN2O4/c1-7-10(4-5-20-7)15-13(19)16-11-6-8(14)2-3-9(11)12(17)18/h2-3,6-7,10H,4-5H2,1H3,(H,17,18)(H2,15,16,19). The molecule has 7 heteroatoms. The SMILES string of the molecule is CC1OCCC1NC(=O)Nc1cc(Cl)ccc1C(=O)O. The summed E-state index contributed by atoms with van der Waals surface area (Å²) in [6, 6.07) is 3.65. The first-order valence-electron chi connectivity index (χ1n) is 6.19. The van der Waals surface area contributed by atoms with Crippen LogP contribution in [0.1, 0.15) is 23.7 Å². The molecule has 0 aliphatic carbocycles. The first kappa shape index (κ1) is 14.6. The Kier molecular flexibility index (Phi) is 4.46. The van der Waals surface area contributed by atoms with Crippen molar-refractivity contribution in [2.24, 2.45) is 0 Å². The van der Waals surface area contributed by atoms with E-state index < -0.39 is 12.0 Å². The Morgan fingerprint density at radius 2 is 2.20 bits per heavy atom. The molecule has 20 heavy (non-hydrogen) atoms. The summed E-state index contributed by atoms with van der Waals surface area (Å²) in [6.07, 6.45) is 0.676. The molecule has 2 rings (SSSR count). The molecule has 0 saturated carbocycles. The van der Waals surface area contributed by atoms with Gasteiger partial charge in [-0.1, -0.05) is 11.6 Å². The maximum absolute atomic E-state index is 11.9. The van der Waals surface area contributed by atoms with Crippen molar-refractivity contribution < 1.29 is 19.4 Å². The Bertz CT molecular complexity index is 535. The van der Waals surface area contributed by atoms with E-state index in [0.29, 0.717) is 11.6 Å². The molecule has 1 heterocycles. The van der Waals surface area contributed by atoms with Crippen molar-refractivity contribution in [2.75, 3.05) is 11.9 Å². The van der Waals surface area contributed by atoms with Crippen LogP contribution >= 0.6 is 11.6 Å². The van der Waals surface area contributed by atoms with Crippen LogP contribution in [0.4, 0.5) is 10.5 Å². The van der Waals surface area contributed by atoms with Crippen molar-refractivity contribution in [3.8, 4) is 0 Å². The van der Waals surface area contributed by atoms with Crippen molar-refractivity contribution in [2.45, 2.75) is 25.5 Å². The first-order valence-corrected chi connectivity index (χ1v) is 6.57. The van der Waals surface area contributed by atoms with Gasteiger partial charge in [0.15, 0.2) is 0 Å². The minimum atomic E-state index is -1.13. The molecule has 1 saturated heterocycles. The average molecular weight is 299 g/mol. The molecule has 1 aromatic carbocycles. The number of carbonyl (C=O) groups is 2. The van der Waals surface area contributed by atoms with Gasteiger partial charge in [-0.2, -0.15) is 0 Å². The van der Waals surface area contributed by atoms with Crippen LogP contribution in [0.5, 0.6) is 0 Å². The van der Waals surface area contributed by atoms with E-state index in [-0.39, 0.29) is 23.4 Å². The molecule has 108 valence electrons. The number of rotatable bonds is 3. The number of nitrogens with one attached hydrogen (secondary N) is 2. The molecule has 0 spiro atoms. The molecular weight excluding hydrogens is 284 g/mol. The molecule has 1 fully saturated rings. The summed E-state index contributed by atoms with van der Waals surface area (Å²) in [7, 11) is 0. The second kappa shape index (κ2) is 6.11. The first-order chi connectivity index (χ1) is 9.47. The third-order valence-corrected chi connectivity index (χ3v) is 3.39. The Morgan fingerprint density at radius 3 is 2.80 bits per heavy atom. The number of ether oxygens (including phenoxy) is 1. The van der Waals surface area contributed by atoms with E-state index in [1.54, 1.807) is 0 Å². The molecule has 1 aliphatic heterocycles. The number of carbonyl (C=O) groups excluding carboxylic acids is 1. The van der Waals surface area contributed by atoms with Crippen LogP contribution < -0.4 is 10.6 Å². The zero-order valence-electron chi connectivity index (χ0n) is 10.9. The fraction of sp³-hybridized carbons (Fsp3) is 0.385. The van der Waals surface area contributed by atoms with Gasteiger partial charge in [-0.25, -0.2) is 9.59 Å². The molecule has 6 nitrogen and oxygen atoms in total. The summed E-state index contributed by atoms with van der Waals surface area (Å²) < 4.78 is 5.34. The highest BCUT2D eigenvalue weighted by atomic mass is 35.5. The van der Waals surface area contributed by atoms with E-state index in [9.17, 15) is 9.59 Å². The van der Waals surface area contributed by atoms with Gasteiger partial charge in [-0.05, 0) is 31.5 Å². The second-order valence-electron chi connectivity index (χ2n) is 4.56. The van der Waals surface area contributed by atoms with Crippen molar-refractivity contribution in [3.63, 3.8) is 0 Å².